The van der Waals surface area contributed by atoms with Crippen LogP contribution in [0.4, 0.5) is 0 Å². The third-order valence-electron chi connectivity index (χ3n) is 4.01. The van der Waals surface area contributed by atoms with Crippen molar-refractivity contribution < 1.29 is 14.0 Å². The second-order valence-electron chi connectivity index (χ2n) is 5.49. The van der Waals surface area contributed by atoms with Crippen molar-refractivity contribution in [2.45, 2.75) is 37.3 Å². The Balaban J connectivity index is 1.84. The molecule has 3 unspecified atom stereocenters. The molecule has 1 aliphatic carbocycles. The van der Waals surface area contributed by atoms with Crippen molar-refractivity contribution in [3.63, 3.8) is 0 Å². The van der Waals surface area contributed by atoms with Crippen LogP contribution in [0.25, 0.3) is 0 Å². The first-order valence-corrected chi connectivity index (χ1v) is 6.35. The summed E-state index contributed by atoms with van der Waals surface area (Å²) >= 11 is 0. The van der Waals surface area contributed by atoms with Gasteiger partial charge < -0.3 is 19.7 Å². The highest BCUT2D eigenvalue weighted by Gasteiger charge is 2.45. The molecule has 0 amide bonds. The van der Waals surface area contributed by atoms with E-state index in [4.69, 9.17) is 19.7 Å². The van der Waals surface area contributed by atoms with Gasteiger partial charge in [-0.2, -0.15) is 4.98 Å². The van der Waals surface area contributed by atoms with Gasteiger partial charge in [0.15, 0.2) is 0 Å². The quantitative estimate of drug-likeness (QED) is 0.853. The topological polar surface area (TPSA) is 83.4 Å². The highest BCUT2D eigenvalue weighted by atomic mass is 16.5. The van der Waals surface area contributed by atoms with Crippen LogP contribution in [0.3, 0.4) is 0 Å². The van der Waals surface area contributed by atoms with E-state index in [9.17, 15) is 0 Å². The van der Waals surface area contributed by atoms with Crippen LogP contribution >= 0.6 is 0 Å². The first kappa shape index (κ1) is 12.1. The lowest BCUT2D eigenvalue weighted by Crippen LogP contribution is -2.42. The minimum Gasteiger partial charge on any atom is -0.379 e. The molecule has 3 atom stereocenters. The zero-order valence-corrected chi connectivity index (χ0v) is 10.8. The lowest BCUT2D eigenvalue weighted by Gasteiger charge is -2.21. The maximum Gasteiger partial charge on any atom is 0.236 e. The van der Waals surface area contributed by atoms with Crippen molar-refractivity contribution in [2.75, 3.05) is 20.3 Å². The van der Waals surface area contributed by atoms with Gasteiger partial charge in [-0.15, -0.1) is 0 Å². The summed E-state index contributed by atoms with van der Waals surface area (Å²) < 4.78 is 16.2. The number of nitrogens with two attached hydrogens (primary N) is 1. The molecule has 6 heteroatoms. The van der Waals surface area contributed by atoms with Crippen molar-refractivity contribution in [3.8, 4) is 0 Å². The second kappa shape index (κ2) is 4.29. The lowest BCUT2D eigenvalue weighted by atomic mass is 9.86. The van der Waals surface area contributed by atoms with Crippen LogP contribution in [-0.2, 0) is 14.9 Å². The molecule has 0 radical (unpaired) electrons. The Hall–Kier alpha value is -0.980. The smallest absolute Gasteiger partial charge is 0.236 e. The largest absolute Gasteiger partial charge is 0.379 e. The number of hydrogen-bond donors (Lipinski definition) is 1. The molecule has 1 saturated heterocycles. The average Bonchev–Trinajstić information content (AvgIpc) is 2.95. The molecule has 1 aromatic heterocycles. The van der Waals surface area contributed by atoms with Crippen LogP contribution in [0, 0.1) is 5.92 Å². The zero-order valence-electron chi connectivity index (χ0n) is 10.8. The van der Waals surface area contributed by atoms with Crippen molar-refractivity contribution in [1.29, 1.82) is 0 Å². The summed E-state index contributed by atoms with van der Waals surface area (Å²) in [7, 11) is 1.69. The van der Waals surface area contributed by atoms with Crippen LogP contribution in [0.15, 0.2) is 4.52 Å². The molecule has 1 saturated carbocycles. The molecule has 6 nitrogen and oxygen atoms in total. The molecular weight excluding hydrogens is 234 g/mol. The van der Waals surface area contributed by atoms with Crippen LogP contribution < -0.4 is 5.73 Å². The third-order valence-corrected chi connectivity index (χ3v) is 4.01. The molecule has 1 aliphatic heterocycles. The highest BCUT2D eigenvalue weighted by Crippen LogP contribution is 2.42. The molecule has 0 spiro atoms. The van der Waals surface area contributed by atoms with Crippen LogP contribution in [0.5, 0.6) is 0 Å². The predicted octanol–water partition coefficient (Wildman–Crippen LogP) is 0.782. The minimum absolute atomic E-state index is 0.0513. The van der Waals surface area contributed by atoms with E-state index in [-0.39, 0.29) is 17.6 Å². The Labute approximate surface area is 106 Å². The summed E-state index contributed by atoms with van der Waals surface area (Å²) in [6.45, 7) is 3.06. The first-order chi connectivity index (χ1) is 8.65. The Morgan fingerprint density at radius 1 is 1.50 bits per heavy atom. The van der Waals surface area contributed by atoms with E-state index in [2.05, 4.69) is 10.1 Å². The monoisotopic (exact) mass is 253 g/mol. The SMILES string of the molecule is COC(c1noc(C2(C)COCC2N)n1)C1CC1. The van der Waals surface area contributed by atoms with E-state index in [1.165, 1.54) is 12.8 Å². The number of rotatable bonds is 4. The number of nitrogens with zero attached hydrogens (tertiary/aromatic N) is 2. The maximum atomic E-state index is 6.05. The highest BCUT2D eigenvalue weighted by molar-refractivity contribution is 5.12. The summed E-state index contributed by atoms with van der Waals surface area (Å²) in [6, 6.07) is -0.104. The molecule has 2 heterocycles. The first-order valence-electron chi connectivity index (χ1n) is 6.35. The summed E-state index contributed by atoms with van der Waals surface area (Å²) in [4.78, 5) is 4.48. The van der Waals surface area contributed by atoms with Gasteiger partial charge in [0.2, 0.25) is 11.7 Å². The Bertz CT molecular complexity index is 432. The predicted molar refractivity (Wildman–Crippen MR) is 62.9 cm³/mol. The summed E-state index contributed by atoms with van der Waals surface area (Å²) in [5.74, 6) is 1.72. The van der Waals surface area contributed by atoms with Crippen molar-refractivity contribution in [1.82, 2.24) is 10.1 Å². The third kappa shape index (κ3) is 1.84. The molecule has 2 aliphatic rings. The summed E-state index contributed by atoms with van der Waals surface area (Å²) in [6.07, 6.45) is 2.29. The fraction of sp³-hybridized carbons (Fsp3) is 0.833. The van der Waals surface area contributed by atoms with Gasteiger partial charge in [-0.3, -0.25) is 0 Å². The number of hydrogen-bond acceptors (Lipinski definition) is 6. The molecule has 3 rings (SSSR count). The summed E-state index contributed by atoms with van der Waals surface area (Å²) in [5.41, 5.74) is 5.67. The molecule has 18 heavy (non-hydrogen) atoms. The molecule has 2 fully saturated rings. The zero-order chi connectivity index (χ0) is 12.8. The van der Waals surface area contributed by atoms with Gasteiger partial charge in [0, 0.05) is 13.2 Å². The van der Waals surface area contributed by atoms with E-state index in [0.29, 0.717) is 30.8 Å². The molecule has 0 aromatic carbocycles. The lowest BCUT2D eigenvalue weighted by molar-refractivity contribution is 0.0751. The normalized spacial score (nSPS) is 33.8. The van der Waals surface area contributed by atoms with Crippen LogP contribution in [0.1, 0.15) is 37.6 Å². The molecule has 1 aromatic rings. The van der Waals surface area contributed by atoms with Crippen LogP contribution in [-0.4, -0.2) is 36.5 Å². The van der Waals surface area contributed by atoms with E-state index in [1.807, 2.05) is 6.92 Å². The van der Waals surface area contributed by atoms with E-state index in [0.717, 1.165) is 0 Å². The van der Waals surface area contributed by atoms with Gasteiger partial charge in [0.25, 0.3) is 0 Å². The number of ether oxygens (including phenoxy) is 2. The van der Waals surface area contributed by atoms with Gasteiger partial charge in [-0.25, -0.2) is 0 Å². The summed E-state index contributed by atoms with van der Waals surface area (Å²) in [5, 5.41) is 4.05. The average molecular weight is 253 g/mol. The van der Waals surface area contributed by atoms with Gasteiger partial charge in [-0.05, 0) is 25.7 Å². The fourth-order valence-electron chi connectivity index (χ4n) is 2.40. The molecule has 0 bridgehead atoms. The van der Waals surface area contributed by atoms with E-state index >= 15 is 0 Å². The minimum atomic E-state index is -0.382. The fourth-order valence-corrected chi connectivity index (χ4v) is 2.40. The molecular formula is C12H19N3O3. The van der Waals surface area contributed by atoms with Gasteiger partial charge in [0.05, 0.1) is 18.6 Å². The Kier molecular flexibility index (Phi) is 2.88. The van der Waals surface area contributed by atoms with Gasteiger partial charge >= 0.3 is 0 Å². The van der Waals surface area contributed by atoms with Crippen molar-refractivity contribution >= 4 is 0 Å². The second-order valence-corrected chi connectivity index (χ2v) is 5.49. The maximum absolute atomic E-state index is 6.05. The van der Waals surface area contributed by atoms with Crippen molar-refractivity contribution in [3.05, 3.63) is 11.7 Å². The Morgan fingerprint density at radius 3 is 2.83 bits per heavy atom. The van der Waals surface area contributed by atoms with Gasteiger partial charge in [-0.1, -0.05) is 5.16 Å². The standard InChI is InChI=1S/C12H19N3O3/c1-12(6-17-5-8(12)13)11-14-10(15-18-11)9(16-2)7-3-4-7/h7-9H,3-6,13H2,1-2H3. The number of methoxy groups -OCH3 is 1. The van der Waals surface area contributed by atoms with Crippen molar-refractivity contribution in [2.24, 2.45) is 11.7 Å². The van der Waals surface area contributed by atoms with Gasteiger partial charge in [0.1, 0.15) is 6.10 Å². The molecule has 100 valence electrons. The van der Waals surface area contributed by atoms with E-state index < -0.39 is 0 Å². The Morgan fingerprint density at radius 2 is 2.28 bits per heavy atom. The van der Waals surface area contributed by atoms with E-state index in [1.54, 1.807) is 7.11 Å². The number of aromatic nitrogens is 2. The molecule has 2 N–H and O–H groups in total. The van der Waals surface area contributed by atoms with Crippen LogP contribution in [0.2, 0.25) is 0 Å².